The number of esters is 1. The van der Waals surface area contributed by atoms with E-state index in [1.54, 1.807) is 20.8 Å². The highest BCUT2D eigenvalue weighted by Crippen LogP contribution is 2.44. The average molecular weight is 719 g/mol. The zero-order valence-electron chi connectivity index (χ0n) is 25.1. The van der Waals surface area contributed by atoms with Crippen LogP contribution in [-0.4, -0.2) is 48.6 Å². The monoisotopic (exact) mass is 718 g/mol. The van der Waals surface area contributed by atoms with Crippen LogP contribution in [0.2, 0.25) is 0 Å². The molecule has 3 N–H and O–H groups in total. The van der Waals surface area contributed by atoms with E-state index in [1.807, 2.05) is 0 Å². The van der Waals surface area contributed by atoms with Gasteiger partial charge in [-0.1, -0.05) is 0 Å². The van der Waals surface area contributed by atoms with Crippen LogP contribution in [0.4, 0.5) is 34.3 Å². The summed E-state index contributed by atoms with van der Waals surface area (Å²) in [5.41, 5.74) is -0.409. The van der Waals surface area contributed by atoms with E-state index in [9.17, 15) is 45.8 Å². The molecule has 0 saturated heterocycles. The fraction of sp³-hybridized carbons (Fsp3) is 0.429. The van der Waals surface area contributed by atoms with Gasteiger partial charge in [-0.3, -0.25) is 20.0 Å². The SMILES string of the molecule is CC(C)(C)OC(=O)c1c(NC(=O)NCc2c(C(F)(F)F)sc3c2CCN(c2ccc(S(=O)(=O)O)cc2[N+](=O)[O-])C3)sc2c1CCOC2. The van der Waals surface area contributed by atoms with Crippen molar-refractivity contribution in [3.05, 3.63) is 65.2 Å². The van der Waals surface area contributed by atoms with Crippen LogP contribution in [0.3, 0.4) is 0 Å². The van der Waals surface area contributed by atoms with Crippen molar-refractivity contribution in [3.8, 4) is 0 Å². The van der Waals surface area contributed by atoms with E-state index in [4.69, 9.17) is 9.47 Å². The topological polar surface area (TPSA) is 177 Å². The Morgan fingerprint density at radius 3 is 2.51 bits per heavy atom. The summed E-state index contributed by atoms with van der Waals surface area (Å²) >= 11 is 1.58. The number of carbonyl (C=O) groups excluding carboxylic acids is 2. The van der Waals surface area contributed by atoms with E-state index in [0.29, 0.717) is 41.6 Å². The van der Waals surface area contributed by atoms with Gasteiger partial charge < -0.3 is 19.7 Å². The number of ether oxygens (including phenoxy) is 2. The van der Waals surface area contributed by atoms with E-state index in [2.05, 4.69) is 10.6 Å². The minimum Gasteiger partial charge on any atom is -0.456 e. The fourth-order valence-electron chi connectivity index (χ4n) is 5.35. The molecule has 5 rings (SSSR count). The maximum Gasteiger partial charge on any atom is 0.425 e. The molecular formula is C28H29F3N4O9S3. The van der Waals surface area contributed by atoms with E-state index < -0.39 is 60.8 Å². The highest BCUT2D eigenvalue weighted by Gasteiger charge is 2.40. The fourth-order valence-corrected chi connectivity index (χ4v) is 8.27. The molecule has 13 nitrogen and oxygen atoms in total. The van der Waals surface area contributed by atoms with Crippen molar-refractivity contribution >= 4 is 61.2 Å². The van der Waals surface area contributed by atoms with Gasteiger partial charge in [-0.05, 0) is 62.4 Å². The number of nitrogens with one attached hydrogen (secondary N) is 2. The second-order valence-corrected chi connectivity index (χ2v) is 15.3. The van der Waals surface area contributed by atoms with E-state index in [-0.39, 0.29) is 52.8 Å². The quantitative estimate of drug-likeness (QED) is 0.115. The molecule has 0 bridgehead atoms. The Balaban J connectivity index is 1.38. The third-order valence-electron chi connectivity index (χ3n) is 7.28. The number of benzene rings is 1. The molecule has 0 radical (unpaired) electrons. The molecule has 2 amide bonds. The number of rotatable bonds is 7. The van der Waals surface area contributed by atoms with E-state index in [1.165, 1.54) is 4.90 Å². The molecule has 4 heterocycles. The smallest absolute Gasteiger partial charge is 0.425 e. The predicted octanol–water partition coefficient (Wildman–Crippen LogP) is 5.90. The number of anilines is 2. The number of halogens is 3. The number of nitro benzene ring substituents is 1. The minimum absolute atomic E-state index is 0.0288. The standard InChI is InChI=1S/C28H29F3N4O9S3/c1-27(2,3)44-25(36)22-16-7-9-43-13-21(16)46-24(22)33-26(37)32-11-17-15-6-8-34(12-20(15)45-23(17)28(29,30)31)18-5-4-14(47(40,41)42)10-19(18)35(38)39/h4-5,10H,6-9,11-13H2,1-3H3,(H2,32,33,37)(H,40,41,42). The Morgan fingerprint density at radius 1 is 1.15 bits per heavy atom. The number of nitro groups is 1. The van der Waals surface area contributed by atoms with Crippen molar-refractivity contribution in [2.45, 2.75) is 70.0 Å². The number of hydrogen-bond acceptors (Lipinski definition) is 11. The van der Waals surface area contributed by atoms with Gasteiger partial charge in [-0.2, -0.15) is 21.6 Å². The Labute approximate surface area is 274 Å². The van der Waals surface area contributed by atoms with Crippen molar-refractivity contribution in [1.82, 2.24) is 5.32 Å². The zero-order valence-corrected chi connectivity index (χ0v) is 27.6. The van der Waals surface area contributed by atoms with Crippen LogP contribution >= 0.6 is 22.7 Å². The maximum absolute atomic E-state index is 14.2. The molecule has 3 aromatic rings. The van der Waals surface area contributed by atoms with Gasteiger partial charge in [0.1, 0.15) is 26.1 Å². The number of nitrogens with zero attached hydrogens (tertiary/aromatic N) is 2. The molecule has 2 aromatic heterocycles. The first-order valence-corrected chi connectivity index (χ1v) is 17.1. The van der Waals surface area contributed by atoms with E-state index >= 15 is 0 Å². The molecule has 0 unspecified atom stereocenters. The molecule has 19 heteroatoms. The summed E-state index contributed by atoms with van der Waals surface area (Å²) < 4.78 is 85.9. The summed E-state index contributed by atoms with van der Waals surface area (Å²) in [5.74, 6) is -0.643. The lowest BCUT2D eigenvalue weighted by atomic mass is 10.0. The molecule has 0 fully saturated rings. The average Bonchev–Trinajstić information content (AvgIpc) is 3.52. The van der Waals surface area contributed by atoms with Gasteiger partial charge in [0.15, 0.2) is 0 Å². The number of thiophene rings is 2. The number of fused-ring (bicyclic) bond motifs is 2. The summed E-state index contributed by atoms with van der Waals surface area (Å²) in [6, 6.07) is 1.95. The van der Waals surface area contributed by atoms with Crippen LogP contribution < -0.4 is 15.5 Å². The third-order valence-corrected chi connectivity index (χ3v) is 10.6. The Bertz CT molecular complexity index is 1860. The second kappa shape index (κ2) is 12.7. The summed E-state index contributed by atoms with van der Waals surface area (Å²) in [6.07, 6.45) is -4.30. The van der Waals surface area contributed by atoms with Crippen LogP contribution in [0.15, 0.2) is 23.1 Å². The second-order valence-electron chi connectivity index (χ2n) is 11.7. The number of alkyl halides is 3. The lowest BCUT2D eigenvalue weighted by Gasteiger charge is -2.29. The van der Waals surface area contributed by atoms with Gasteiger partial charge in [-0.15, -0.1) is 22.7 Å². The lowest BCUT2D eigenvalue weighted by molar-refractivity contribution is -0.384. The van der Waals surface area contributed by atoms with Gasteiger partial charge in [0.05, 0.1) is 30.2 Å². The van der Waals surface area contributed by atoms with Gasteiger partial charge in [0, 0.05) is 28.9 Å². The van der Waals surface area contributed by atoms with Crippen LogP contribution in [0.1, 0.15) is 62.5 Å². The largest absolute Gasteiger partial charge is 0.456 e. The van der Waals surface area contributed by atoms with Gasteiger partial charge in [0.2, 0.25) is 0 Å². The van der Waals surface area contributed by atoms with Crippen molar-refractivity contribution in [2.75, 3.05) is 23.4 Å². The Kier molecular flexibility index (Phi) is 9.32. The Morgan fingerprint density at radius 2 is 1.87 bits per heavy atom. The van der Waals surface area contributed by atoms with Crippen LogP contribution in [0.5, 0.6) is 0 Å². The van der Waals surface area contributed by atoms with Gasteiger partial charge >= 0.3 is 18.2 Å². The number of urea groups is 1. The minimum atomic E-state index is -4.76. The Hall–Kier alpha value is -3.78. The molecule has 2 aliphatic heterocycles. The zero-order chi connectivity index (χ0) is 34.5. The third kappa shape index (κ3) is 7.53. The van der Waals surface area contributed by atoms with Gasteiger partial charge in [0.25, 0.3) is 15.8 Å². The molecule has 254 valence electrons. The summed E-state index contributed by atoms with van der Waals surface area (Å²) in [5, 5.41) is 17.0. The van der Waals surface area contributed by atoms with Crippen molar-refractivity contribution < 1.29 is 50.1 Å². The molecule has 0 spiro atoms. The summed E-state index contributed by atoms with van der Waals surface area (Å²) in [6.45, 7) is 5.11. The van der Waals surface area contributed by atoms with Crippen LogP contribution in [0, 0.1) is 10.1 Å². The number of amides is 2. The predicted molar refractivity (Wildman–Crippen MR) is 166 cm³/mol. The summed E-state index contributed by atoms with van der Waals surface area (Å²) in [4.78, 5) is 37.8. The molecule has 0 saturated carbocycles. The molecule has 2 aliphatic rings. The first-order valence-electron chi connectivity index (χ1n) is 14.1. The van der Waals surface area contributed by atoms with Crippen LogP contribution in [0.25, 0.3) is 0 Å². The highest BCUT2D eigenvalue weighted by atomic mass is 32.2. The highest BCUT2D eigenvalue weighted by molar-refractivity contribution is 7.85. The molecule has 47 heavy (non-hydrogen) atoms. The lowest BCUT2D eigenvalue weighted by Crippen LogP contribution is -2.32. The van der Waals surface area contributed by atoms with E-state index in [0.717, 1.165) is 28.3 Å². The number of carbonyl (C=O) groups is 2. The molecular weight excluding hydrogens is 690 g/mol. The maximum atomic E-state index is 14.2. The molecule has 0 aliphatic carbocycles. The molecule has 0 atom stereocenters. The van der Waals surface area contributed by atoms with Crippen molar-refractivity contribution in [2.24, 2.45) is 0 Å². The number of hydrogen-bond donors (Lipinski definition) is 3. The van der Waals surface area contributed by atoms with Crippen LogP contribution in [-0.2, 0) is 58.3 Å². The first kappa shape index (κ1) is 34.6. The molecule has 1 aromatic carbocycles. The summed E-state index contributed by atoms with van der Waals surface area (Å²) in [7, 11) is -4.74. The van der Waals surface area contributed by atoms with Crippen molar-refractivity contribution in [3.63, 3.8) is 0 Å². The van der Waals surface area contributed by atoms with Gasteiger partial charge in [-0.25, -0.2) is 9.59 Å². The first-order chi connectivity index (χ1) is 21.8. The van der Waals surface area contributed by atoms with Crippen molar-refractivity contribution in [1.29, 1.82) is 0 Å². The normalized spacial score (nSPS) is 15.1.